The average molecular weight is 168 g/mol. The zero-order valence-electron chi connectivity index (χ0n) is 6.50. The molecular formula is C9H9FO2. The van der Waals surface area contributed by atoms with E-state index >= 15 is 0 Å². The number of alkyl halides is 1. The third kappa shape index (κ3) is 1.22. The van der Waals surface area contributed by atoms with Gasteiger partial charge in [0.15, 0.2) is 17.6 Å². The van der Waals surface area contributed by atoms with Gasteiger partial charge < -0.3 is 9.47 Å². The van der Waals surface area contributed by atoms with Gasteiger partial charge in [-0.2, -0.15) is 0 Å². The molecule has 1 aromatic carbocycles. The van der Waals surface area contributed by atoms with E-state index < -0.39 is 12.8 Å². The molecule has 1 heterocycles. The fraction of sp³-hybridized carbons (Fsp3) is 0.333. The maximum Gasteiger partial charge on any atom is 0.161 e. The summed E-state index contributed by atoms with van der Waals surface area (Å²) in [5.74, 6) is 1.33. The van der Waals surface area contributed by atoms with Crippen LogP contribution < -0.4 is 9.47 Å². The predicted octanol–water partition coefficient (Wildman–Crippen LogP) is 1.80. The Hall–Kier alpha value is -1.25. The summed E-state index contributed by atoms with van der Waals surface area (Å²) in [5.41, 5.74) is 0. The van der Waals surface area contributed by atoms with Crippen molar-refractivity contribution >= 4 is 0 Å². The molecule has 1 aliphatic heterocycles. The molecule has 1 atom stereocenters. The van der Waals surface area contributed by atoms with Crippen molar-refractivity contribution in [3.8, 4) is 11.5 Å². The van der Waals surface area contributed by atoms with E-state index in [1.165, 1.54) is 0 Å². The third-order valence-electron chi connectivity index (χ3n) is 1.74. The number of hydrogen-bond donors (Lipinski definition) is 0. The molecule has 64 valence electrons. The topological polar surface area (TPSA) is 18.5 Å². The quantitative estimate of drug-likeness (QED) is 0.636. The smallest absolute Gasteiger partial charge is 0.161 e. The summed E-state index contributed by atoms with van der Waals surface area (Å²) >= 11 is 0. The summed E-state index contributed by atoms with van der Waals surface area (Å²) in [4.78, 5) is 0. The highest BCUT2D eigenvalue weighted by Gasteiger charge is 2.19. The lowest BCUT2D eigenvalue weighted by molar-refractivity contribution is 0.0718. The number of benzene rings is 1. The van der Waals surface area contributed by atoms with E-state index in [0.717, 1.165) is 0 Å². The van der Waals surface area contributed by atoms with Gasteiger partial charge in [-0.05, 0) is 12.1 Å². The minimum atomic E-state index is -0.506. The zero-order chi connectivity index (χ0) is 8.39. The second-order valence-corrected chi connectivity index (χ2v) is 2.65. The standard InChI is InChI=1S/C9H9FO2/c10-5-7-6-11-8-3-1-2-4-9(8)12-7/h1-4,7H,5-6H2/t7-/m1/s1. The Morgan fingerprint density at radius 3 is 2.83 bits per heavy atom. The molecule has 0 spiro atoms. The molecule has 0 bridgehead atoms. The van der Waals surface area contributed by atoms with Crippen molar-refractivity contribution in [1.29, 1.82) is 0 Å². The lowest BCUT2D eigenvalue weighted by Gasteiger charge is -2.24. The largest absolute Gasteiger partial charge is 0.486 e. The monoisotopic (exact) mass is 168 g/mol. The lowest BCUT2D eigenvalue weighted by atomic mass is 10.3. The Morgan fingerprint density at radius 2 is 2.08 bits per heavy atom. The van der Waals surface area contributed by atoms with E-state index in [4.69, 9.17) is 9.47 Å². The van der Waals surface area contributed by atoms with Gasteiger partial charge in [0.05, 0.1) is 0 Å². The number of fused-ring (bicyclic) bond motifs is 1. The molecule has 2 nitrogen and oxygen atoms in total. The molecule has 0 fully saturated rings. The Balaban J connectivity index is 2.23. The second-order valence-electron chi connectivity index (χ2n) is 2.65. The van der Waals surface area contributed by atoms with E-state index in [9.17, 15) is 4.39 Å². The Bertz CT molecular complexity index is 275. The van der Waals surface area contributed by atoms with Gasteiger partial charge >= 0.3 is 0 Å². The average Bonchev–Trinajstić information content (AvgIpc) is 2.17. The third-order valence-corrected chi connectivity index (χ3v) is 1.74. The first-order valence-corrected chi connectivity index (χ1v) is 3.84. The molecule has 0 N–H and O–H groups in total. The van der Waals surface area contributed by atoms with Crippen LogP contribution in [0.4, 0.5) is 4.39 Å². The summed E-state index contributed by atoms with van der Waals surface area (Å²) in [5, 5.41) is 0. The first-order chi connectivity index (χ1) is 5.90. The number of para-hydroxylation sites is 2. The Kier molecular flexibility index (Phi) is 1.86. The van der Waals surface area contributed by atoms with Crippen LogP contribution in [-0.4, -0.2) is 19.4 Å². The van der Waals surface area contributed by atoms with Crippen LogP contribution >= 0.6 is 0 Å². The van der Waals surface area contributed by atoms with Gasteiger partial charge in [-0.15, -0.1) is 0 Å². The summed E-state index contributed by atoms with van der Waals surface area (Å²) < 4.78 is 22.7. The van der Waals surface area contributed by atoms with Crippen LogP contribution in [0.2, 0.25) is 0 Å². The lowest BCUT2D eigenvalue weighted by Crippen LogP contribution is -2.30. The SMILES string of the molecule is FC[C@@H]1COc2ccccc2O1. The first-order valence-electron chi connectivity index (χ1n) is 3.84. The maximum absolute atomic E-state index is 12.2. The molecule has 1 aliphatic rings. The molecule has 0 unspecified atom stereocenters. The number of hydrogen-bond acceptors (Lipinski definition) is 2. The normalized spacial score (nSPS) is 20.6. The van der Waals surface area contributed by atoms with Crippen LogP contribution in [0.15, 0.2) is 24.3 Å². The Labute approximate surface area is 69.9 Å². The van der Waals surface area contributed by atoms with E-state index in [1.807, 2.05) is 18.2 Å². The van der Waals surface area contributed by atoms with Gasteiger partial charge in [-0.1, -0.05) is 12.1 Å². The van der Waals surface area contributed by atoms with Crippen molar-refractivity contribution in [2.75, 3.05) is 13.3 Å². The van der Waals surface area contributed by atoms with Crippen molar-refractivity contribution in [2.24, 2.45) is 0 Å². The van der Waals surface area contributed by atoms with E-state index in [1.54, 1.807) is 6.07 Å². The Morgan fingerprint density at radius 1 is 1.33 bits per heavy atom. The number of halogens is 1. The van der Waals surface area contributed by atoms with Crippen molar-refractivity contribution in [3.05, 3.63) is 24.3 Å². The van der Waals surface area contributed by atoms with Crippen LogP contribution in [0.3, 0.4) is 0 Å². The summed E-state index contributed by atoms with van der Waals surface area (Å²) in [6, 6.07) is 7.28. The molecule has 1 aromatic rings. The van der Waals surface area contributed by atoms with Crippen LogP contribution in [0.1, 0.15) is 0 Å². The van der Waals surface area contributed by atoms with Crippen LogP contribution in [0, 0.1) is 0 Å². The molecule has 0 radical (unpaired) electrons. The van der Waals surface area contributed by atoms with E-state index in [-0.39, 0.29) is 0 Å². The van der Waals surface area contributed by atoms with E-state index in [0.29, 0.717) is 18.1 Å². The zero-order valence-corrected chi connectivity index (χ0v) is 6.50. The minimum Gasteiger partial charge on any atom is -0.486 e. The molecule has 0 amide bonds. The maximum atomic E-state index is 12.2. The van der Waals surface area contributed by atoms with Gasteiger partial charge in [0, 0.05) is 0 Å². The van der Waals surface area contributed by atoms with Gasteiger partial charge in [-0.25, -0.2) is 4.39 Å². The molecule has 0 saturated heterocycles. The molecular weight excluding hydrogens is 159 g/mol. The molecule has 0 saturated carbocycles. The summed E-state index contributed by atoms with van der Waals surface area (Å²) in [6.07, 6.45) is -0.445. The highest BCUT2D eigenvalue weighted by molar-refractivity contribution is 5.40. The van der Waals surface area contributed by atoms with Gasteiger partial charge in [0.1, 0.15) is 13.3 Å². The van der Waals surface area contributed by atoms with Crippen molar-refractivity contribution in [1.82, 2.24) is 0 Å². The van der Waals surface area contributed by atoms with Crippen LogP contribution in [0.5, 0.6) is 11.5 Å². The number of rotatable bonds is 1. The summed E-state index contributed by atoms with van der Waals surface area (Å²) in [6.45, 7) is -0.207. The van der Waals surface area contributed by atoms with Crippen LogP contribution in [-0.2, 0) is 0 Å². The fourth-order valence-corrected chi connectivity index (χ4v) is 1.14. The van der Waals surface area contributed by atoms with Gasteiger partial charge in [-0.3, -0.25) is 0 Å². The molecule has 12 heavy (non-hydrogen) atoms. The fourth-order valence-electron chi connectivity index (χ4n) is 1.14. The van der Waals surface area contributed by atoms with Crippen molar-refractivity contribution in [3.63, 3.8) is 0 Å². The first kappa shape index (κ1) is 7.40. The minimum absolute atomic E-state index is 0.299. The predicted molar refractivity (Wildman–Crippen MR) is 42.3 cm³/mol. The highest BCUT2D eigenvalue weighted by atomic mass is 19.1. The van der Waals surface area contributed by atoms with Gasteiger partial charge in [0.2, 0.25) is 0 Å². The highest BCUT2D eigenvalue weighted by Crippen LogP contribution is 2.30. The van der Waals surface area contributed by atoms with Gasteiger partial charge in [0.25, 0.3) is 0 Å². The summed E-state index contributed by atoms with van der Waals surface area (Å²) in [7, 11) is 0. The van der Waals surface area contributed by atoms with Crippen LogP contribution in [0.25, 0.3) is 0 Å². The molecule has 0 aromatic heterocycles. The molecule has 0 aliphatic carbocycles. The van der Waals surface area contributed by atoms with E-state index in [2.05, 4.69) is 0 Å². The molecule has 2 rings (SSSR count). The molecule has 3 heteroatoms. The van der Waals surface area contributed by atoms with Crippen molar-refractivity contribution in [2.45, 2.75) is 6.10 Å². The number of ether oxygens (including phenoxy) is 2. The second kappa shape index (κ2) is 3.01. The van der Waals surface area contributed by atoms with Crippen molar-refractivity contribution < 1.29 is 13.9 Å².